The molecule has 114 valence electrons. The summed E-state index contributed by atoms with van der Waals surface area (Å²) in [5, 5.41) is 3.56. The van der Waals surface area contributed by atoms with Crippen LogP contribution < -0.4 is 10.1 Å². The van der Waals surface area contributed by atoms with E-state index >= 15 is 0 Å². The van der Waals surface area contributed by atoms with Gasteiger partial charge in [-0.1, -0.05) is 26.0 Å². The fourth-order valence-corrected chi connectivity index (χ4v) is 2.15. The Morgan fingerprint density at radius 2 is 1.55 bits per heavy atom. The van der Waals surface area contributed by atoms with Crippen molar-refractivity contribution in [3.8, 4) is 5.75 Å². The second kappa shape index (κ2) is 6.62. The van der Waals surface area contributed by atoms with Crippen molar-refractivity contribution in [1.82, 2.24) is 5.32 Å². The summed E-state index contributed by atoms with van der Waals surface area (Å²) in [6.07, 6.45) is 1.35. The summed E-state index contributed by atoms with van der Waals surface area (Å²) >= 11 is 0. The van der Waals surface area contributed by atoms with Gasteiger partial charge in [-0.15, -0.1) is 0 Å². The van der Waals surface area contributed by atoms with Crippen LogP contribution in [-0.4, -0.2) is 18.2 Å². The molecule has 0 aliphatic carbocycles. The third-order valence-electron chi connectivity index (χ3n) is 3.41. The SMILES string of the molecule is CC(C)Oc1ccc(C(C)(C)CCNC(C)(C)C)cc1. The Labute approximate surface area is 124 Å². The molecule has 0 radical (unpaired) electrons. The molecule has 0 saturated heterocycles. The first-order chi connectivity index (χ1) is 9.10. The Balaban J connectivity index is 2.62. The van der Waals surface area contributed by atoms with Gasteiger partial charge in [0, 0.05) is 5.54 Å². The van der Waals surface area contributed by atoms with Crippen LogP contribution in [0.1, 0.15) is 60.5 Å². The molecule has 0 aliphatic heterocycles. The van der Waals surface area contributed by atoms with Gasteiger partial charge in [-0.25, -0.2) is 0 Å². The van der Waals surface area contributed by atoms with Crippen LogP contribution in [0.4, 0.5) is 0 Å². The van der Waals surface area contributed by atoms with Crippen LogP contribution in [-0.2, 0) is 5.41 Å². The molecule has 0 amide bonds. The van der Waals surface area contributed by atoms with Gasteiger partial charge in [-0.3, -0.25) is 0 Å². The highest BCUT2D eigenvalue weighted by atomic mass is 16.5. The molecule has 0 unspecified atom stereocenters. The van der Waals surface area contributed by atoms with Gasteiger partial charge >= 0.3 is 0 Å². The molecule has 0 bridgehead atoms. The summed E-state index contributed by atoms with van der Waals surface area (Å²) in [4.78, 5) is 0. The summed E-state index contributed by atoms with van der Waals surface area (Å²) in [6, 6.07) is 8.53. The number of benzene rings is 1. The van der Waals surface area contributed by atoms with Gasteiger partial charge in [0.1, 0.15) is 5.75 Å². The number of rotatable bonds is 6. The highest BCUT2D eigenvalue weighted by molar-refractivity contribution is 5.31. The second-order valence-electron chi connectivity index (χ2n) is 7.50. The van der Waals surface area contributed by atoms with Crippen LogP contribution >= 0.6 is 0 Å². The highest BCUT2D eigenvalue weighted by Crippen LogP contribution is 2.28. The lowest BCUT2D eigenvalue weighted by molar-refractivity contribution is 0.242. The van der Waals surface area contributed by atoms with E-state index < -0.39 is 0 Å². The van der Waals surface area contributed by atoms with Crippen molar-refractivity contribution < 1.29 is 4.74 Å². The molecule has 2 nitrogen and oxygen atoms in total. The van der Waals surface area contributed by atoms with E-state index in [-0.39, 0.29) is 17.1 Å². The van der Waals surface area contributed by atoms with Crippen molar-refractivity contribution in [3.05, 3.63) is 29.8 Å². The van der Waals surface area contributed by atoms with E-state index in [4.69, 9.17) is 4.74 Å². The third-order valence-corrected chi connectivity index (χ3v) is 3.41. The van der Waals surface area contributed by atoms with Gasteiger partial charge in [-0.2, -0.15) is 0 Å². The molecule has 1 rings (SSSR count). The molecule has 1 aromatic rings. The van der Waals surface area contributed by atoms with Crippen LogP contribution in [0.2, 0.25) is 0 Å². The predicted octanol–water partition coefficient (Wildman–Crippen LogP) is 4.53. The smallest absolute Gasteiger partial charge is 0.119 e. The first-order valence-electron chi connectivity index (χ1n) is 7.62. The quantitative estimate of drug-likeness (QED) is 0.825. The minimum Gasteiger partial charge on any atom is -0.491 e. The molecular formula is C18H31NO. The third kappa shape index (κ3) is 5.96. The molecule has 0 spiro atoms. The Morgan fingerprint density at radius 1 is 1.00 bits per heavy atom. The van der Waals surface area contributed by atoms with Crippen molar-refractivity contribution >= 4 is 0 Å². The molecule has 0 aromatic heterocycles. The van der Waals surface area contributed by atoms with Crippen molar-refractivity contribution in [3.63, 3.8) is 0 Å². The Hall–Kier alpha value is -1.02. The topological polar surface area (TPSA) is 21.3 Å². The molecule has 0 heterocycles. The molecule has 0 atom stereocenters. The monoisotopic (exact) mass is 277 g/mol. The number of hydrogen-bond acceptors (Lipinski definition) is 2. The first-order valence-corrected chi connectivity index (χ1v) is 7.62. The lowest BCUT2D eigenvalue weighted by atomic mass is 9.81. The molecule has 2 heteroatoms. The van der Waals surface area contributed by atoms with E-state index in [1.165, 1.54) is 5.56 Å². The van der Waals surface area contributed by atoms with Crippen molar-refractivity contribution in [2.24, 2.45) is 0 Å². The zero-order valence-corrected chi connectivity index (χ0v) is 14.2. The Kier molecular flexibility index (Phi) is 5.64. The van der Waals surface area contributed by atoms with E-state index in [0.717, 1.165) is 18.7 Å². The normalized spacial score (nSPS) is 12.8. The minimum atomic E-state index is 0.175. The summed E-state index contributed by atoms with van der Waals surface area (Å²) < 4.78 is 5.70. The van der Waals surface area contributed by atoms with Gasteiger partial charge in [0.2, 0.25) is 0 Å². The number of ether oxygens (including phenoxy) is 1. The molecule has 0 saturated carbocycles. The van der Waals surface area contributed by atoms with Gasteiger partial charge in [0.15, 0.2) is 0 Å². The fraction of sp³-hybridized carbons (Fsp3) is 0.667. The van der Waals surface area contributed by atoms with Gasteiger partial charge in [0.25, 0.3) is 0 Å². The molecule has 0 fully saturated rings. The van der Waals surface area contributed by atoms with E-state index in [1.54, 1.807) is 0 Å². The second-order valence-corrected chi connectivity index (χ2v) is 7.50. The maximum Gasteiger partial charge on any atom is 0.119 e. The lowest BCUT2D eigenvalue weighted by Crippen LogP contribution is -2.38. The molecule has 1 aromatic carbocycles. The van der Waals surface area contributed by atoms with Gasteiger partial charge in [-0.05, 0) is 70.7 Å². The number of hydrogen-bond donors (Lipinski definition) is 1. The fourth-order valence-electron chi connectivity index (χ4n) is 2.15. The Morgan fingerprint density at radius 3 is 2.00 bits per heavy atom. The average molecular weight is 277 g/mol. The standard InChI is InChI=1S/C18H31NO/c1-14(2)20-16-10-8-15(9-11-16)18(6,7)12-13-19-17(3,4)5/h8-11,14,19H,12-13H2,1-7H3. The molecule has 20 heavy (non-hydrogen) atoms. The van der Waals surface area contributed by atoms with Crippen LogP contribution in [0.15, 0.2) is 24.3 Å². The predicted molar refractivity (Wildman–Crippen MR) is 87.6 cm³/mol. The highest BCUT2D eigenvalue weighted by Gasteiger charge is 2.21. The lowest BCUT2D eigenvalue weighted by Gasteiger charge is -2.28. The van der Waals surface area contributed by atoms with Gasteiger partial charge < -0.3 is 10.1 Å². The zero-order valence-electron chi connectivity index (χ0n) is 14.2. The average Bonchev–Trinajstić information content (AvgIpc) is 2.26. The van der Waals surface area contributed by atoms with Crippen LogP contribution in [0, 0.1) is 0 Å². The van der Waals surface area contributed by atoms with E-state index in [2.05, 4.69) is 78.0 Å². The summed E-state index contributed by atoms with van der Waals surface area (Å²) in [7, 11) is 0. The summed E-state index contributed by atoms with van der Waals surface area (Å²) in [5.41, 5.74) is 1.73. The largest absolute Gasteiger partial charge is 0.491 e. The maximum atomic E-state index is 5.70. The van der Waals surface area contributed by atoms with Crippen LogP contribution in [0.3, 0.4) is 0 Å². The first kappa shape index (κ1) is 17.0. The molecule has 0 aliphatic rings. The molecule has 1 N–H and O–H groups in total. The van der Waals surface area contributed by atoms with Crippen LogP contribution in [0.25, 0.3) is 0 Å². The van der Waals surface area contributed by atoms with Crippen molar-refractivity contribution in [1.29, 1.82) is 0 Å². The maximum absolute atomic E-state index is 5.70. The van der Waals surface area contributed by atoms with E-state index in [1.807, 2.05) is 0 Å². The van der Waals surface area contributed by atoms with Gasteiger partial charge in [0.05, 0.1) is 6.10 Å². The minimum absolute atomic E-state index is 0.175. The summed E-state index contributed by atoms with van der Waals surface area (Å²) in [6.45, 7) is 16.4. The number of nitrogens with one attached hydrogen (secondary N) is 1. The van der Waals surface area contributed by atoms with Crippen molar-refractivity contribution in [2.45, 2.75) is 71.9 Å². The summed E-state index contributed by atoms with van der Waals surface area (Å²) in [5.74, 6) is 0.951. The molecular weight excluding hydrogens is 246 g/mol. The van der Waals surface area contributed by atoms with E-state index in [9.17, 15) is 0 Å². The van der Waals surface area contributed by atoms with Crippen molar-refractivity contribution in [2.75, 3.05) is 6.54 Å². The van der Waals surface area contributed by atoms with E-state index in [0.29, 0.717) is 0 Å². The van der Waals surface area contributed by atoms with Crippen LogP contribution in [0.5, 0.6) is 5.75 Å². The zero-order chi connectivity index (χ0) is 15.4. The Bertz CT molecular complexity index is 398.